The predicted molar refractivity (Wildman–Crippen MR) is 65.9 cm³/mol. The molecule has 1 atom stereocenters. The first-order valence-electron chi connectivity index (χ1n) is 6.13. The second-order valence-electron chi connectivity index (χ2n) is 4.44. The number of hydrogen-bond acceptors (Lipinski definition) is 2. The summed E-state index contributed by atoms with van der Waals surface area (Å²) in [7, 11) is 0. The molecular weight excluding hydrogens is 200 g/mol. The summed E-state index contributed by atoms with van der Waals surface area (Å²) in [6.07, 6.45) is 8.25. The summed E-state index contributed by atoms with van der Waals surface area (Å²) in [4.78, 5) is 14.3. The fourth-order valence-corrected chi connectivity index (χ4v) is 2.38. The Hall–Kier alpha value is -1.01. The minimum Gasteiger partial charge on any atom is -0.331 e. The van der Waals surface area contributed by atoms with Gasteiger partial charge in [-0.15, -0.1) is 6.42 Å². The normalized spacial score (nSPS) is 24.8. The number of hydrogen-bond donors (Lipinski definition) is 1. The third-order valence-corrected chi connectivity index (χ3v) is 3.55. The molecule has 3 heteroatoms. The van der Waals surface area contributed by atoms with Crippen molar-refractivity contribution in [1.29, 1.82) is 0 Å². The standard InChI is InChI=1S/C13H22N2O/c1-4-10-15(6-3)12(16)13(5-2)8-7-9-14-11-13/h1,14H,5-11H2,2-3H3. The van der Waals surface area contributed by atoms with E-state index >= 15 is 0 Å². The average Bonchev–Trinajstić information content (AvgIpc) is 2.36. The lowest BCUT2D eigenvalue weighted by Gasteiger charge is -2.38. The Morgan fingerprint density at radius 3 is 2.75 bits per heavy atom. The number of carbonyl (C=O) groups excluding carboxylic acids is 1. The molecule has 90 valence electrons. The van der Waals surface area contributed by atoms with Gasteiger partial charge >= 0.3 is 0 Å². The third kappa shape index (κ3) is 2.56. The fraction of sp³-hybridized carbons (Fsp3) is 0.769. The third-order valence-electron chi connectivity index (χ3n) is 3.55. The summed E-state index contributed by atoms with van der Waals surface area (Å²) in [5, 5.41) is 3.33. The second-order valence-corrected chi connectivity index (χ2v) is 4.44. The highest BCUT2D eigenvalue weighted by Gasteiger charge is 2.39. The van der Waals surface area contributed by atoms with Gasteiger partial charge in [-0.1, -0.05) is 12.8 Å². The molecule has 1 amide bonds. The van der Waals surface area contributed by atoms with Crippen LogP contribution in [0.25, 0.3) is 0 Å². The summed E-state index contributed by atoms with van der Waals surface area (Å²) in [6, 6.07) is 0. The first-order chi connectivity index (χ1) is 7.70. The summed E-state index contributed by atoms with van der Waals surface area (Å²) in [5.74, 6) is 2.79. The summed E-state index contributed by atoms with van der Waals surface area (Å²) in [5.41, 5.74) is -0.217. The molecule has 0 aromatic heterocycles. The number of piperidine rings is 1. The maximum atomic E-state index is 12.5. The van der Waals surface area contributed by atoms with Crippen LogP contribution in [0.3, 0.4) is 0 Å². The van der Waals surface area contributed by atoms with E-state index in [0.29, 0.717) is 13.1 Å². The van der Waals surface area contributed by atoms with Gasteiger partial charge in [0, 0.05) is 13.1 Å². The molecule has 1 aliphatic rings. The van der Waals surface area contributed by atoms with Crippen LogP contribution >= 0.6 is 0 Å². The molecule has 0 spiro atoms. The van der Waals surface area contributed by atoms with Gasteiger partial charge in [0.15, 0.2) is 0 Å². The molecule has 1 unspecified atom stereocenters. The molecule has 1 saturated heterocycles. The minimum absolute atomic E-state index is 0.217. The van der Waals surface area contributed by atoms with Crippen molar-refractivity contribution >= 4 is 5.91 Å². The van der Waals surface area contributed by atoms with Crippen LogP contribution in [0.1, 0.15) is 33.1 Å². The van der Waals surface area contributed by atoms with E-state index in [2.05, 4.69) is 18.2 Å². The Labute approximate surface area is 98.6 Å². The lowest BCUT2D eigenvalue weighted by atomic mass is 9.77. The minimum atomic E-state index is -0.217. The summed E-state index contributed by atoms with van der Waals surface area (Å²) < 4.78 is 0. The zero-order chi connectivity index (χ0) is 12.0. The van der Waals surface area contributed by atoms with E-state index in [1.165, 1.54) is 0 Å². The Kier molecular flexibility index (Phi) is 4.82. The number of terminal acetylenes is 1. The predicted octanol–water partition coefficient (Wildman–Crippen LogP) is 1.25. The van der Waals surface area contributed by atoms with Gasteiger partial charge in [-0.3, -0.25) is 4.79 Å². The fourth-order valence-electron chi connectivity index (χ4n) is 2.38. The topological polar surface area (TPSA) is 32.3 Å². The van der Waals surface area contributed by atoms with E-state index in [9.17, 15) is 4.79 Å². The maximum Gasteiger partial charge on any atom is 0.230 e. The van der Waals surface area contributed by atoms with E-state index in [4.69, 9.17) is 6.42 Å². The van der Waals surface area contributed by atoms with Crippen LogP contribution in [0.4, 0.5) is 0 Å². The summed E-state index contributed by atoms with van der Waals surface area (Å²) >= 11 is 0. The monoisotopic (exact) mass is 222 g/mol. The van der Waals surface area contributed by atoms with Gasteiger partial charge in [-0.25, -0.2) is 0 Å². The van der Waals surface area contributed by atoms with Crippen LogP contribution in [-0.2, 0) is 4.79 Å². The second kappa shape index (κ2) is 5.91. The van der Waals surface area contributed by atoms with Crippen LogP contribution in [0, 0.1) is 17.8 Å². The first kappa shape index (κ1) is 13.1. The molecule has 1 aliphatic heterocycles. The van der Waals surface area contributed by atoms with Crippen LogP contribution < -0.4 is 5.32 Å². The molecule has 1 heterocycles. The molecule has 0 bridgehead atoms. The number of carbonyl (C=O) groups is 1. The van der Waals surface area contributed by atoms with Gasteiger partial charge in [0.2, 0.25) is 5.91 Å². The smallest absolute Gasteiger partial charge is 0.230 e. The Balaban J connectivity index is 2.78. The van der Waals surface area contributed by atoms with Crippen molar-refractivity contribution in [2.75, 3.05) is 26.2 Å². The molecule has 0 saturated carbocycles. The molecule has 1 fully saturated rings. The van der Waals surface area contributed by atoms with E-state index < -0.39 is 0 Å². The van der Waals surface area contributed by atoms with Gasteiger partial charge in [0.1, 0.15) is 0 Å². The molecule has 0 aliphatic carbocycles. The van der Waals surface area contributed by atoms with E-state index in [1.54, 1.807) is 4.90 Å². The van der Waals surface area contributed by atoms with Crippen molar-refractivity contribution in [3.63, 3.8) is 0 Å². The number of nitrogens with one attached hydrogen (secondary N) is 1. The Morgan fingerprint density at radius 1 is 1.56 bits per heavy atom. The van der Waals surface area contributed by atoms with Gasteiger partial charge in [0.05, 0.1) is 12.0 Å². The van der Waals surface area contributed by atoms with Crippen LogP contribution in [0.2, 0.25) is 0 Å². The Morgan fingerprint density at radius 2 is 2.31 bits per heavy atom. The maximum absolute atomic E-state index is 12.5. The quantitative estimate of drug-likeness (QED) is 0.726. The molecule has 0 aromatic carbocycles. The van der Waals surface area contributed by atoms with Crippen molar-refractivity contribution in [2.24, 2.45) is 5.41 Å². The zero-order valence-electron chi connectivity index (χ0n) is 10.4. The van der Waals surface area contributed by atoms with Gasteiger partial charge in [-0.05, 0) is 32.7 Å². The van der Waals surface area contributed by atoms with Crippen molar-refractivity contribution in [2.45, 2.75) is 33.1 Å². The molecule has 0 aromatic rings. The van der Waals surface area contributed by atoms with Crippen LogP contribution in [0.5, 0.6) is 0 Å². The highest BCUT2D eigenvalue weighted by Crippen LogP contribution is 2.32. The molecule has 1 rings (SSSR count). The summed E-state index contributed by atoms with van der Waals surface area (Å²) in [6.45, 7) is 7.02. The molecule has 3 nitrogen and oxygen atoms in total. The Bertz CT molecular complexity index is 274. The lowest BCUT2D eigenvalue weighted by molar-refractivity contribution is -0.142. The zero-order valence-corrected chi connectivity index (χ0v) is 10.4. The number of amides is 1. The molecule has 1 N–H and O–H groups in total. The lowest BCUT2D eigenvalue weighted by Crippen LogP contribution is -2.51. The van der Waals surface area contributed by atoms with Crippen molar-refractivity contribution in [3.8, 4) is 12.3 Å². The molecule has 16 heavy (non-hydrogen) atoms. The molecular formula is C13H22N2O. The van der Waals surface area contributed by atoms with Gasteiger partial charge in [0.25, 0.3) is 0 Å². The SMILES string of the molecule is C#CCN(CC)C(=O)C1(CC)CCCNC1. The first-order valence-corrected chi connectivity index (χ1v) is 6.13. The van der Waals surface area contributed by atoms with Crippen LogP contribution in [-0.4, -0.2) is 37.0 Å². The highest BCUT2D eigenvalue weighted by molar-refractivity contribution is 5.83. The van der Waals surface area contributed by atoms with Crippen molar-refractivity contribution in [1.82, 2.24) is 10.2 Å². The van der Waals surface area contributed by atoms with Gasteiger partial charge < -0.3 is 10.2 Å². The number of rotatable bonds is 4. The largest absolute Gasteiger partial charge is 0.331 e. The number of nitrogens with zero attached hydrogens (tertiary/aromatic N) is 1. The van der Waals surface area contributed by atoms with E-state index in [0.717, 1.165) is 32.4 Å². The van der Waals surface area contributed by atoms with E-state index in [1.807, 2.05) is 6.92 Å². The van der Waals surface area contributed by atoms with Crippen LogP contribution in [0.15, 0.2) is 0 Å². The van der Waals surface area contributed by atoms with E-state index in [-0.39, 0.29) is 11.3 Å². The highest BCUT2D eigenvalue weighted by atomic mass is 16.2. The average molecular weight is 222 g/mol. The van der Waals surface area contributed by atoms with Gasteiger partial charge in [-0.2, -0.15) is 0 Å². The van der Waals surface area contributed by atoms with Crippen molar-refractivity contribution in [3.05, 3.63) is 0 Å². The van der Waals surface area contributed by atoms with Crippen molar-refractivity contribution < 1.29 is 4.79 Å². The molecule has 0 radical (unpaired) electrons.